The minimum absolute atomic E-state index is 0. The van der Waals surface area contributed by atoms with E-state index in [-0.39, 0.29) is 29.6 Å². The highest BCUT2D eigenvalue weighted by molar-refractivity contribution is 9.10. The van der Waals surface area contributed by atoms with Gasteiger partial charge in [0.1, 0.15) is 5.75 Å². The predicted octanol–water partition coefficient (Wildman–Crippen LogP) is 4.28. The van der Waals surface area contributed by atoms with Crippen molar-refractivity contribution < 1.29 is 5.11 Å². The molecule has 1 atom stereocenters. The van der Waals surface area contributed by atoms with Gasteiger partial charge in [0.25, 0.3) is 0 Å². The molecule has 0 heterocycles. The highest BCUT2D eigenvalue weighted by Crippen LogP contribution is 2.41. The molecule has 1 aromatic rings. The largest absolute Gasteiger partial charge is 0.506 e. The van der Waals surface area contributed by atoms with Crippen molar-refractivity contribution in [3.05, 3.63) is 27.2 Å². The van der Waals surface area contributed by atoms with Gasteiger partial charge in [-0.3, -0.25) is 0 Å². The summed E-state index contributed by atoms with van der Waals surface area (Å²) in [7, 11) is 0. The summed E-state index contributed by atoms with van der Waals surface area (Å²) in [6, 6.07) is 3.26. The van der Waals surface area contributed by atoms with Crippen LogP contribution in [0.1, 0.15) is 32.4 Å². The predicted molar refractivity (Wildman–Crippen MR) is 74.4 cm³/mol. The number of nitrogens with two attached hydrogens (primary N) is 1. The number of hydrogen-bond acceptors (Lipinski definition) is 2. The van der Waals surface area contributed by atoms with Crippen molar-refractivity contribution in [3.63, 3.8) is 0 Å². The van der Waals surface area contributed by atoms with Gasteiger partial charge in [-0.15, -0.1) is 12.4 Å². The Kier molecular flexibility index (Phi) is 5.60. The van der Waals surface area contributed by atoms with Gasteiger partial charge in [0.2, 0.25) is 0 Å². The van der Waals surface area contributed by atoms with Gasteiger partial charge in [0, 0.05) is 11.6 Å². The zero-order valence-electron chi connectivity index (χ0n) is 9.42. The molecular formula is C11H16BrCl2NO. The van der Waals surface area contributed by atoms with E-state index in [1.54, 1.807) is 12.1 Å². The van der Waals surface area contributed by atoms with Crippen LogP contribution >= 0.6 is 39.9 Å². The molecule has 0 aliphatic heterocycles. The Morgan fingerprint density at radius 2 is 1.88 bits per heavy atom. The minimum Gasteiger partial charge on any atom is -0.506 e. The van der Waals surface area contributed by atoms with Crippen LogP contribution in [-0.4, -0.2) is 5.11 Å². The molecule has 3 N–H and O–H groups in total. The van der Waals surface area contributed by atoms with E-state index < -0.39 is 0 Å². The molecule has 92 valence electrons. The molecule has 0 amide bonds. The Morgan fingerprint density at radius 1 is 1.38 bits per heavy atom. The van der Waals surface area contributed by atoms with E-state index in [2.05, 4.69) is 15.9 Å². The van der Waals surface area contributed by atoms with Gasteiger partial charge in [-0.25, -0.2) is 0 Å². The van der Waals surface area contributed by atoms with Crippen LogP contribution < -0.4 is 5.73 Å². The zero-order valence-corrected chi connectivity index (χ0v) is 12.6. The highest BCUT2D eigenvalue weighted by Gasteiger charge is 2.25. The Labute approximate surface area is 116 Å². The van der Waals surface area contributed by atoms with Crippen LogP contribution in [0, 0.1) is 5.41 Å². The Balaban J connectivity index is 0.00000225. The second kappa shape index (κ2) is 5.58. The molecule has 0 fully saturated rings. The Hall–Kier alpha value is 0.0400. The monoisotopic (exact) mass is 327 g/mol. The van der Waals surface area contributed by atoms with Crippen LogP contribution in [0.3, 0.4) is 0 Å². The van der Waals surface area contributed by atoms with Crippen molar-refractivity contribution >= 4 is 39.9 Å². The number of hydrogen-bond donors (Lipinski definition) is 2. The number of halogens is 3. The maximum absolute atomic E-state index is 9.90. The first-order valence-electron chi connectivity index (χ1n) is 4.67. The summed E-state index contributed by atoms with van der Waals surface area (Å²) in [5, 5.41) is 10.4. The number of benzene rings is 1. The van der Waals surface area contributed by atoms with Gasteiger partial charge < -0.3 is 10.8 Å². The molecule has 0 aliphatic rings. The van der Waals surface area contributed by atoms with Crippen LogP contribution in [0.5, 0.6) is 5.75 Å². The molecule has 0 radical (unpaired) electrons. The van der Waals surface area contributed by atoms with Gasteiger partial charge >= 0.3 is 0 Å². The second-order valence-electron chi connectivity index (χ2n) is 4.64. The highest BCUT2D eigenvalue weighted by atomic mass is 79.9. The van der Waals surface area contributed by atoms with E-state index in [0.29, 0.717) is 15.1 Å². The quantitative estimate of drug-likeness (QED) is 0.808. The summed E-state index contributed by atoms with van der Waals surface area (Å²) in [5.74, 6) is 0.130. The van der Waals surface area contributed by atoms with E-state index >= 15 is 0 Å². The van der Waals surface area contributed by atoms with E-state index in [4.69, 9.17) is 17.3 Å². The third-order valence-corrected chi connectivity index (χ3v) is 3.71. The topological polar surface area (TPSA) is 46.2 Å². The lowest BCUT2D eigenvalue weighted by Gasteiger charge is -2.28. The molecule has 0 aromatic heterocycles. The number of phenolic OH excluding ortho intramolecular Hbond substituents is 1. The fourth-order valence-corrected chi connectivity index (χ4v) is 1.79. The molecule has 0 saturated carbocycles. The van der Waals surface area contributed by atoms with E-state index in [1.807, 2.05) is 20.8 Å². The maximum atomic E-state index is 9.90. The van der Waals surface area contributed by atoms with Crippen molar-refractivity contribution in [2.75, 3.05) is 0 Å². The fourth-order valence-electron chi connectivity index (χ4n) is 1.27. The first-order valence-corrected chi connectivity index (χ1v) is 5.84. The first-order chi connectivity index (χ1) is 6.75. The molecule has 5 heteroatoms. The molecule has 0 bridgehead atoms. The van der Waals surface area contributed by atoms with E-state index in [0.717, 1.165) is 0 Å². The second-order valence-corrected chi connectivity index (χ2v) is 5.84. The average molecular weight is 329 g/mol. The fraction of sp³-hybridized carbons (Fsp3) is 0.455. The molecule has 0 spiro atoms. The lowest BCUT2D eigenvalue weighted by atomic mass is 9.83. The summed E-state index contributed by atoms with van der Waals surface area (Å²) in [6.07, 6.45) is 0. The SMILES string of the molecule is CC(C)(C)[C@H](N)c1ccc(Cl)c(Br)c1O.Cl. The van der Waals surface area contributed by atoms with Crippen LogP contribution in [-0.2, 0) is 0 Å². The molecule has 16 heavy (non-hydrogen) atoms. The van der Waals surface area contributed by atoms with Gasteiger partial charge in [0.15, 0.2) is 0 Å². The smallest absolute Gasteiger partial charge is 0.136 e. The molecule has 2 nitrogen and oxygen atoms in total. The van der Waals surface area contributed by atoms with Gasteiger partial charge in [-0.1, -0.05) is 38.4 Å². The number of phenols is 1. The van der Waals surface area contributed by atoms with Crippen LogP contribution in [0.2, 0.25) is 5.02 Å². The van der Waals surface area contributed by atoms with Crippen LogP contribution in [0.4, 0.5) is 0 Å². The number of rotatable bonds is 1. The van der Waals surface area contributed by atoms with E-state index in [1.165, 1.54) is 0 Å². The van der Waals surface area contributed by atoms with Gasteiger partial charge in [-0.05, 0) is 27.4 Å². The molecular weight excluding hydrogens is 313 g/mol. The van der Waals surface area contributed by atoms with Crippen molar-refractivity contribution in [2.24, 2.45) is 11.1 Å². The lowest BCUT2D eigenvalue weighted by Crippen LogP contribution is -2.26. The normalized spacial score (nSPS) is 13.1. The average Bonchev–Trinajstić information content (AvgIpc) is 2.12. The third kappa shape index (κ3) is 3.27. The van der Waals surface area contributed by atoms with Gasteiger partial charge in [-0.2, -0.15) is 0 Å². The van der Waals surface area contributed by atoms with Crippen LogP contribution in [0.25, 0.3) is 0 Å². The number of aromatic hydroxyl groups is 1. The summed E-state index contributed by atoms with van der Waals surface area (Å²) < 4.78 is 0.501. The molecule has 0 aliphatic carbocycles. The van der Waals surface area contributed by atoms with Crippen molar-refractivity contribution in [1.82, 2.24) is 0 Å². The van der Waals surface area contributed by atoms with Gasteiger partial charge in [0.05, 0.1) is 9.50 Å². The molecule has 1 rings (SSSR count). The molecule has 0 saturated heterocycles. The standard InChI is InChI=1S/C11H15BrClNO.ClH/c1-11(2,3)10(14)6-4-5-7(13)8(12)9(6)15;/h4-5,10,15H,14H2,1-3H3;1H/t10-;/m1./s1. The first kappa shape index (κ1) is 16.0. The van der Waals surface area contributed by atoms with Crippen molar-refractivity contribution in [2.45, 2.75) is 26.8 Å². The molecule has 1 aromatic carbocycles. The van der Waals surface area contributed by atoms with Crippen LogP contribution in [0.15, 0.2) is 16.6 Å². The third-order valence-electron chi connectivity index (χ3n) is 2.37. The lowest BCUT2D eigenvalue weighted by molar-refractivity contribution is 0.317. The summed E-state index contributed by atoms with van der Waals surface area (Å²) in [4.78, 5) is 0. The maximum Gasteiger partial charge on any atom is 0.136 e. The van der Waals surface area contributed by atoms with Crippen molar-refractivity contribution in [1.29, 1.82) is 0 Å². The van der Waals surface area contributed by atoms with E-state index in [9.17, 15) is 5.11 Å². The summed E-state index contributed by atoms with van der Waals surface area (Å²) in [5.41, 5.74) is 6.67. The van der Waals surface area contributed by atoms with Crippen molar-refractivity contribution in [3.8, 4) is 5.75 Å². The Bertz CT molecular complexity index is 377. The zero-order chi connectivity index (χ0) is 11.8. The molecule has 0 unspecified atom stereocenters. The Morgan fingerprint density at radius 3 is 2.31 bits per heavy atom. The summed E-state index contributed by atoms with van der Waals surface area (Å²) >= 11 is 9.08. The summed E-state index contributed by atoms with van der Waals surface area (Å²) in [6.45, 7) is 6.08. The minimum atomic E-state index is -0.230.